The zero-order valence-electron chi connectivity index (χ0n) is 8.93. The van der Waals surface area contributed by atoms with Crippen molar-refractivity contribution in [2.24, 2.45) is 0 Å². The molecular weight excluding hydrogens is 312 g/mol. The molecule has 0 aliphatic heterocycles. The fourth-order valence-corrected chi connectivity index (χ4v) is 2.05. The van der Waals surface area contributed by atoms with Crippen LogP contribution in [0.4, 0.5) is 17.6 Å². The highest BCUT2D eigenvalue weighted by Gasteiger charge is 2.31. The lowest BCUT2D eigenvalue weighted by Crippen LogP contribution is -2.05. The molecule has 0 aliphatic carbocycles. The first-order chi connectivity index (χ1) is 8.39. The number of alkyl halides is 3. The van der Waals surface area contributed by atoms with Crippen molar-refractivity contribution >= 4 is 15.9 Å². The van der Waals surface area contributed by atoms with E-state index in [1.165, 1.54) is 24.3 Å². The Morgan fingerprint density at radius 3 is 2.17 bits per heavy atom. The van der Waals surface area contributed by atoms with E-state index in [0.717, 1.165) is 12.1 Å². The predicted molar refractivity (Wildman–Crippen MR) is 64.5 cm³/mol. The van der Waals surface area contributed by atoms with Crippen molar-refractivity contribution in [3.05, 3.63) is 58.3 Å². The van der Waals surface area contributed by atoms with E-state index in [1.807, 2.05) is 0 Å². The quantitative estimate of drug-likeness (QED) is 0.628. The Balaban J connectivity index is 2.61. The molecule has 2 aromatic rings. The molecule has 0 amide bonds. The van der Waals surface area contributed by atoms with E-state index < -0.39 is 17.6 Å². The van der Waals surface area contributed by atoms with Gasteiger partial charge in [0, 0.05) is 10.0 Å². The highest BCUT2D eigenvalue weighted by atomic mass is 79.9. The van der Waals surface area contributed by atoms with Crippen LogP contribution in [0.1, 0.15) is 5.56 Å². The van der Waals surface area contributed by atoms with Gasteiger partial charge in [0.1, 0.15) is 5.82 Å². The van der Waals surface area contributed by atoms with Crippen LogP contribution in [0.25, 0.3) is 11.1 Å². The summed E-state index contributed by atoms with van der Waals surface area (Å²) >= 11 is 3.13. The molecule has 0 aromatic heterocycles. The first-order valence-electron chi connectivity index (χ1n) is 5.01. The van der Waals surface area contributed by atoms with Crippen molar-refractivity contribution in [3.63, 3.8) is 0 Å². The Labute approximate surface area is 109 Å². The minimum Gasteiger partial charge on any atom is -0.206 e. The van der Waals surface area contributed by atoms with Crippen LogP contribution in [0.3, 0.4) is 0 Å². The Morgan fingerprint density at radius 2 is 1.56 bits per heavy atom. The van der Waals surface area contributed by atoms with Gasteiger partial charge in [-0.2, -0.15) is 13.2 Å². The summed E-state index contributed by atoms with van der Waals surface area (Å²) in [5.41, 5.74) is -0.484. The van der Waals surface area contributed by atoms with E-state index in [4.69, 9.17) is 0 Å². The van der Waals surface area contributed by atoms with Crippen molar-refractivity contribution in [1.29, 1.82) is 0 Å². The van der Waals surface area contributed by atoms with E-state index in [-0.39, 0.29) is 11.1 Å². The minimum absolute atomic E-state index is 0.135. The van der Waals surface area contributed by atoms with Gasteiger partial charge in [0.2, 0.25) is 0 Å². The third-order valence-electron chi connectivity index (χ3n) is 2.46. The number of benzene rings is 2. The molecule has 0 saturated carbocycles. The first-order valence-corrected chi connectivity index (χ1v) is 5.80. The molecule has 0 atom stereocenters. The monoisotopic (exact) mass is 318 g/mol. The van der Waals surface area contributed by atoms with Crippen LogP contribution in [-0.2, 0) is 6.18 Å². The van der Waals surface area contributed by atoms with E-state index in [9.17, 15) is 17.6 Å². The summed E-state index contributed by atoms with van der Waals surface area (Å²) in [5.74, 6) is -0.558. The summed E-state index contributed by atoms with van der Waals surface area (Å²) in [6.07, 6.45) is -4.44. The molecular formula is C13H7BrF4. The minimum atomic E-state index is -4.44. The van der Waals surface area contributed by atoms with E-state index in [2.05, 4.69) is 15.9 Å². The van der Waals surface area contributed by atoms with Gasteiger partial charge in [-0.25, -0.2) is 4.39 Å². The number of rotatable bonds is 1. The average Bonchev–Trinajstić information content (AvgIpc) is 2.29. The smallest absolute Gasteiger partial charge is 0.206 e. The highest BCUT2D eigenvalue weighted by molar-refractivity contribution is 9.10. The van der Waals surface area contributed by atoms with Crippen molar-refractivity contribution in [3.8, 4) is 11.1 Å². The van der Waals surface area contributed by atoms with E-state index >= 15 is 0 Å². The highest BCUT2D eigenvalue weighted by Crippen LogP contribution is 2.36. The Morgan fingerprint density at radius 1 is 0.889 bits per heavy atom. The van der Waals surface area contributed by atoms with Gasteiger partial charge >= 0.3 is 6.18 Å². The third kappa shape index (κ3) is 2.56. The molecule has 0 fully saturated rings. The fraction of sp³-hybridized carbons (Fsp3) is 0.0769. The lowest BCUT2D eigenvalue weighted by molar-refractivity contribution is -0.137. The first kappa shape index (κ1) is 13.1. The fourth-order valence-electron chi connectivity index (χ4n) is 1.59. The third-order valence-corrected chi connectivity index (χ3v) is 3.15. The second-order valence-electron chi connectivity index (χ2n) is 3.67. The second-order valence-corrected chi connectivity index (χ2v) is 4.53. The molecule has 18 heavy (non-hydrogen) atoms. The van der Waals surface area contributed by atoms with Crippen molar-refractivity contribution in [1.82, 2.24) is 0 Å². The molecule has 0 unspecified atom stereocenters. The number of halogens is 5. The van der Waals surface area contributed by atoms with E-state index in [1.54, 1.807) is 6.07 Å². The second kappa shape index (κ2) is 4.72. The molecule has 0 N–H and O–H groups in total. The van der Waals surface area contributed by atoms with Gasteiger partial charge in [-0.05, 0) is 29.8 Å². The topological polar surface area (TPSA) is 0 Å². The van der Waals surface area contributed by atoms with Crippen LogP contribution in [0.5, 0.6) is 0 Å². The standard InChI is InChI=1S/C13H7BrF4/c14-11-6-5-8(13(16,17)18)7-10(11)9-3-1-2-4-12(9)15/h1-7H. The SMILES string of the molecule is Fc1ccccc1-c1cc(C(F)(F)F)ccc1Br. The van der Waals surface area contributed by atoms with Gasteiger partial charge in [-0.15, -0.1) is 0 Å². The van der Waals surface area contributed by atoms with Gasteiger partial charge in [0.15, 0.2) is 0 Å². The van der Waals surface area contributed by atoms with Crippen LogP contribution < -0.4 is 0 Å². The maximum atomic E-state index is 13.6. The van der Waals surface area contributed by atoms with Crippen LogP contribution in [0.15, 0.2) is 46.9 Å². The summed E-state index contributed by atoms with van der Waals surface area (Å²) in [4.78, 5) is 0. The molecule has 5 heteroatoms. The summed E-state index contributed by atoms with van der Waals surface area (Å²) in [5, 5.41) is 0. The molecule has 0 radical (unpaired) electrons. The lowest BCUT2D eigenvalue weighted by atomic mass is 10.0. The maximum absolute atomic E-state index is 13.6. The van der Waals surface area contributed by atoms with Gasteiger partial charge < -0.3 is 0 Å². The van der Waals surface area contributed by atoms with Crippen LogP contribution in [-0.4, -0.2) is 0 Å². The summed E-state index contributed by atoms with van der Waals surface area (Å²) in [6, 6.07) is 8.87. The molecule has 0 heterocycles. The molecule has 0 nitrogen and oxygen atoms in total. The summed E-state index contributed by atoms with van der Waals surface area (Å²) < 4.78 is 51.8. The molecule has 94 valence electrons. The normalized spacial score (nSPS) is 11.6. The molecule has 0 aliphatic rings. The molecule has 0 saturated heterocycles. The van der Waals surface area contributed by atoms with Crippen molar-refractivity contribution < 1.29 is 17.6 Å². The predicted octanol–water partition coefficient (Wildman–Crippen LogP) is 5.27. The van der Waals surface area contributed by atoms with Crippen molar-refractivity contribution in [2.45, 2.75) is 6.18 Å². The summed E-state index contributed by atoms with van der Waals surface area (Å²) in [7, 11) is 0. The molecule has 0 bridgehead atoms. The molecule has 2 aromatic carbocycles. The zero-order valence-corrected chi connectivity index (χ0v) is 10.5. The lowest BCUT2D eigenvalue weighted by Gasteiger charge is -2.11. The number of hydrogen-bond donors (Lipinski definition) is 0. The number of hydrogen-bond acceptors (Lipinski definition) is 0. The molecule has 2 rings (SSSR count). The van der Waals surface area contributed by atoms with Gasteiger partial charge in [0.05, 0.1) is 5.56 Å². The molecule has 0 spiro atoms. The average molecular weight is 319 g/mol. The van der Waals surface area contributed by atoms with Gasteiger partial charge in [-0.1, -0.05) is 34.1 Å². The van der Waals surface area contributed by atoms with Crippen LogP contribution in [0.2, 0.25) is 0 Å². The summed E-state index contributed by atoms with van der Waals surface area (Å²) in [6.45, 7) is 0. The van der Waals surface area contributed by atoms with E-state index in [0.29, 0.717) is 4.47 Å². The van der Waals surface area contributed by atoms with Crippen LogP contribution in [0, 0.1) is 5.82 Å². The van der Waals surface area contributed by atoms with Gasteiger partial charge in [0.25, 0.3) is 0 Å². The largest absolute Gasteiger partial charge is 0.416 e. The zero-order chi connectivity index (χ0) is 13.3. The van der Waals surface area contributed by atoms with Gasteiger partial charge in [-0.3, -0.25) is 0 Å². The Bertz CT molecular complexity index is 575. The maximum Gasteiger partial charge on any atom is 0.416 e. The Kier molecular flexibility index (Phi) is 3.43. The Hall–Kier alpha value is -1.36. The van der Waals surface area contributed by atoms with Crippen LogP contribution >= 0.6 is 15.9 Å². The van der Waals surface area contributed by atoms with Crippen molar-refractivity contribution in [2.75, 3.05) is 0 Å².